The molecule has 8 nitrogen and oxygen atoms in total. The zero-order valence-electron chi connectivity index (χ0n) is 16.4. The average Bonchev–Trinajstić information content (AvgIpc) is 3.30. The van der Waals surface area contributed by atoms with Crippen molar-refractivity contribution in [2.75, 3.05) is 19.6 Å². The van der Waals surface area contributed by atoms with Crippen LogP contribution in [0.5, 0.6) is 0 Å². The summed E-state index contributed by atoms with van der Waals surface area (Å²) >= 11 is 5.88. The van der Waals surface area contributed by atoms with Gasteiger partial charge in [-0.1, -0.05) is 41.9 Å². The zero-order valence-corrected chi connectivity index (χ0v) is 18.0. The SMILES string of the molecule is O=C1NC(=O)[C@@H]2CN(C(=O)CN(Cc3ccccc3)S(=O)(=O)c3ccc(Cl)cc3)C[C@H]12. The summed E-state index contributed by atoms with van der Waals surface area (Å²) in [5, 5.41) is 2.67. The molecule has 1 N–H and O–H groups in total. The molecule has 0 spiro atoms. The number of imide groups is 1. The molecule has 0 radical (unpaired) electrons. The normalized spacial score (nSPS) is 20.8. The standard InChI is InChI=1S/C21H20ClN3O5S/c22-15-6-8-16(9-7-15)31(29,30)25(10-14-4-2-1-3-5-14)13-19(26)24-11-17-18(12-24)21(28)23-20(17)27/h1-9,17-18H,10-13H2,(H,23,27,28)/t17-,18+. The molecule has 2 aliphatic rings. The largest absolute Gasteiger partial charge is 0.340 e. The third-order valence-electron chi connectivity index (χ3n) is 5.56. The van der Waals surface area contributed by atoms with Crippen molar-refractivity contribution in [2.24, 2.45) is 11.8 Å². The van der Waals surface area contributed by atoms with Crippen LogP contribution in [0.15, 0.2) is 59.5 Å². The van der Waals surface area contributed by atoms with Crippen LogP contribution in [0.4, 0.5) is 0 Å². The first-order valence-corrected chi connectivity index (χ1v) is 11.5. The molecule has 2 atom stereocenters. The number of hydrogen-bond acceptors (Lipinski definition) is 5. The quantitative estimate of drug-likeness (QED) is 0.652. The second-order valence-corrected chi connectivity index (χ2v) is 9.95. The fourth-order valence-corrected chi connectivity index (χ4v) is 5.37. The minimum absolute atomic E-state index is 0.00233. The van der Waals surface area contributed by atoms with Gasteiger partial charge in [0.25, 0.3) is 0 Å². The zero-order chi connectivity index (χ0) is 22.2. The third kappa shape index (κ3) is 4.34. The Hall–Kier alpha value is -2.75. The lowest BCUT2D eigenvalue weighted by atomic mass is 10.00. The number of fused-ring (bicyclic) bond motifs is 1. The van der Waals surface area contributed by atoms with Crippen molar-refractivity contribution in [3.8, 4) is 0 Å². The van der Waals surface area contributed by atoms with Crippen LogP contribution in [-0.2, 0) is 31.0 Å². The number of likely N-dealkylation sites (tertiary alicyclic amines) is 1. The van der Waals surface area contributed by atoms with Gasteiger partial charge in [0.1, 0.15) is 0 Å². The van der Waals surface area contributed by atoms with Crippen LogP contribution >= 0.6 is 11.6 Å². The molecule has 2 fully saturated rings. The van der Waals surface area contributed by atoms with Crippen molar-refractivity contribution in [2.45, 2.75) is 11.4 Å². The fraction of sp³-hybridized carbons (Fsp3) is 0.286. The predicted octanol–water partition coefficient (Wildman–Crippen LogP) is 1.26. The molecule has 0 bridgehead atoms. The summed E-state index contributed by atoms with van der Waals surface area (Å²) in [6.07, 6.45) is 0. The van der Waals surface area contributed by atoms with E-state index in [9.17, 15) is 22.8 Å². The van der Waals surface area contributed by atoms with E-state index in [0.717, 1.165) is 9.87 Å². The van der Waals surface area contributed by atoms with Gasteiger partial charge in [0.05, 0.1) is 23.3 Å². The van der Waals surface area contributed by atoms with Gasteiger partial charge in [-0.05, 0) is 29.8 Å². The number of benzene rings is 2. The molecule has 2 heterocycles. The van der Waals surface area contributed by atoms with Crippen LogP contribution in [0, 0.1) is 11.8 Å². The van der Waals surface area contributed by atoms with Gasteiger partial charge >= 0.3 is 0 Å². The first kappa shape index (κ1) is 21.5. The first-order valence-electron chi connectivity index (χ1n) is 9.68. The third-order valence-corrected chi connectivity index (χ3v) is 7.62. The molecule has 4 rings (SSSR count). The lowest BCUT2D eigenvalue weighted by Gasteiger charge is -2.25. The van der Waals surface area contributed by atoms with Gasteiger partial charge in [-0.2, -0.15) is 4.31 Å². The first-order chi connectivity index (χ1) is 14.8. The molecule has 0 aliphatic carbocycles. The summed E-state index contributed by atoms with van der Waals surface area (Å²) in [6, 6.07) is 14.7. The van der Waals surface area contributed by atoms with E-state index in [4.69, 9.17) is 11.6 Å². The lowest BCUT2D eigenvalue weighted by Crippen LogP contribution is -2.43. The molecule has 0 aromatic heterocycles. The monoisotopic (exact) mass is 461 g/mol. The molecule has 2 saturated heterocycles. The topological polar surface area (TPSA) is 104 Å². The Kier molecular flexibility index (Phi) is 5.83. The van der Waals surface area contributed by atoms with E-state index in [1.807, 2.05) is 6.07 Å². The maximum absolute atomic E-state index is 13.3. The van der Waals surface area contributed by atoms with Gasteiger partial charge in [0.15, 0.2) is 0 Å². The van der Waals surface area contributed by atoms with Crippen LogP contribution in [0.1, 0.15) is 5.56 Å². The summed E-state index contributed by atoms with van der Waals surface area (Å²) in [6.45, 7) is -0.213. The lowest BCUT2D eigenvalue weighted by molar-refractivity contribution is -0.132. The molecular weight excluding hydrogens is 442 g/mol. The molecule has 162 valence electrons. The second kappa shape index (κ2) is 8.41. The van der Waals surface area contributed by atoms with Gasteiger partial charge in [-0.15, -0.1) is 0 Å². The van der Waals surface area contributed by atoms with Crippen LogP contribution in [0.3, 0.4) is 0 Å². The molecule has 2 aliphatic heterocycles. The number of sulfonamides is 1. The van der Waals surface area contributed by atoms with E-state index >= 15 is 0 Å². The van der Waals surface area contributed by atoms with Crippen molar-refractivity contribution in [3.05, 3.63) is 65.2 Å². The fourth-order valence-electron chi connectivity index (χ4n) is 3.87. The molecule has 2 aromatic rings. The Labute approximate surface area is 184 Å². The Morgan fingerprint density at radius 2 is 1.58 bits per heavy atom. The molecule has 0 saturated carbocycles. The number of carbonyl (C=O) groups is 3. The summed E-state index contributed by atoms with van der Waals surface area (Å²) in [5.41, 5.74) is 0.723. The van der Waals surface area contributed by atoms with E-state index in [1.54, 1.807) is 24.3 Å². The molecule has 3 amide bonds. The smallest absolute Gasteiger partial charge is 0.243 e. The summed E-state index contributed by atoms with van der Waals surface area (Å²) in [4.78, 5) is 38.2. The van der Waals surface area contributed by atoms with Crippen molar-refractivity contribution >= 4 is 39.3 Å². The minimum Gasteiger partial charge on any atom is -0.340 e. The maximum Gasteiger partial charge on any atom is 0.243 e. The van der Waals surface area contributed by atoms with Gasteiger partial charge in [-0.25, -0.2) is 8.42 Å². The van der Waals surface area contributed by atoms with Gasteiger partial charge < -0.3 is 4.90 Å². The summed E-state index contributed by atoms with van der Waals surface area (Å²) in [5.74, 6) is -2.39. The van der Waals surface area contributed by atoms with Gasteiger partial charge in [0.2, 0.25) is 27.7 Å². The predicted molar refractivity (Wildman–Crippen MR) is 112 cm³/mol. The Bertz CT molecular complexity index is 1100. The highest BCUT2D eigenvalue weighted by atomic mass is 35.5. The van der Waals surface area contributed by atoms with E-state index in [-0.39, 0.29) is 36.3 Å². The van der Waals surface area contributed by atoms with Gasteiger partial charge in [0, 0.05) is 24.7 Å². The second-order valence-electron chi connectivity index (χ2n) is 7.58. The Morgan fingerprint density at radius 3 is 2.16 bits per heavy atom. The Morgan fingerprint density at radius 1 is 1.00 bits per heavy atom. The van der Waals surface area contributed by atoms with Crippen LogP contribution in [0.25, 0.3) is 0 Å². The number of nitrogens with one attached hydrogen (secondary N) is 1. The summed E-state index contributed by atoms with van der Waals surface area (Å²) in [7, 11) is -4.00. The highest BCUT2D eigenvalue weighted by molar-refractivity contribution is 7.89. The number of hydrogen-bond donors (Lipinski definition) is 1. The van der Waals surface area contributed by atoms with Crippen LogP contribution < -0.4 is 5.32 Å². The number of carbonyl (C=O) groups excluding carboxylic acids is 3. The molecule has 0 unspecified atom stereocenters. The average molecular weight is 462 g/mol. The highest BCUT2D eigenvalue weighted by Gasteiger charge is 2.49. The van der Waals surface area contributed by atoms with Crippen LogP contribution in [-0.4, -0.2) is 55.0 Å². The van der Waals surface area contributed by atoms with E-state index in [1.165, 1.54) is 29.2 Å². The maximum atomic E-state index is 13.3. The van der Waals surface area contributed by atoms with E-state index < -0.39 is 34.3 Å². The number of rotatable bonds is 6. The van der Waals surface area contributed by atoms with E-state index in [2.05, 4.69) is 5.32 Å². The molecular formula is C21H20ClN3O5S. The highest BCUT2D eigenvalue weighted by Crippen LogP contribution is 2.29. The molecule has 2 aromatic carbocycles. The number of halogens is 1. The minimum atomic E-state index is -4.00. The van der Waals surface area contributed by atoms with Crippen molar-refractivity contribution in [1.82, 2.24) is 14.5 Å². The Balaban J connectivity index is 1.57. The van der Waals surface area contributed by atoms with Crippen molar-refractivity contribution in [1.29, 1.82) is 0 Å². The van der Waals surface area contributed by atoms with Crippen LogP contribution in [0.2, 0.25) is 5.02 Å². The molecule has 10 heteroatoms. The van der Waals surface area contributed by atoms with Gasteiger partial charge in [-0.3, -0.25) is 19.7 Å². The van der Waals surface area contributed by atoms with E-state index in [0.29, 0.717) is 5.02 Å². The number of nitrogens with zero attached hydrogens (tertiary/aromatic N) is 2. The molecule has 31 heavy (non-hydrogen) atoms. The number of amides is 3. The van der Waals surface area contributed by atoms with Crippen molar-refractivity contribution in [3.63, 3.8) is 0 Å². The summed E-state index contributed by atoms with van der Waals surface area (Å²) < 4.78 is 27.7. The van der Waals surface area contributed by atoms with Crippen molar-refractivity contribution < 1.29 is 22.8 Å².